The summed E-state index contributed by atoms with van der Waals surface area (Å²) in [7, 11) is 0. The molecule has 2 aromatic rings. The lowest BCUT2D eigenvalue weighted by molar-refractivity contribution is -0.686. The standard InChI is InChI=1S/C19H24NO2/c1-15(19(2,3)4)22-18(21)14-20-12-10-17(11-13-20)16-8-6-5-7-9-16/h5-13,15H,14H2,1-4H3/q+1/t15-/m1/s1. The van der Waals surface area contributed by atoms with Crippen LogP contribution in [0.25, 0.3) is 11.1 Å². The molecule has 1 aromatic carbocycles. The SMILES string of the molecule is C[C@@H](OC(=O)C[n+]1ccc(-c2ccccc2)cc1)C(C)(C)C. The maximum absolute atomic E-state index is 12.0. The van der Waals surface area contributed by atoms with Gasteiger partial charge in [0.15, 0.2) is 12.4 Å². The topological polar surface area (TPSA) is 30.2 Å². The minimum atomic E-state index is -0.208. The second-order valence-electron chi connectivity index (χ2n) is 6.62. The number of esters is 1. The molecule has 0 saturated heterocycles. The largest absolute Gasteiger partial charge is 0.457 e. The van der Waals surface area contributed by atoms with E-state index >= 15 is 0 Å². The highest BCUT2D eigenvalue weighted by molar-refractivity contribution is 5.68. The van der Waals surface area contributed by atoms with Crippen LogP contribution in [-0.2, 0) is 16.1 Å². The molecule has 22 heavy (non-hydrogen) atoms. The lowest BCUT2D eigenvalue weighted by Crippen LogP contribution is -2.40. The molecule has 0 amide bonds. The molecule has 0 radical (unpaired) electrons. The van der Waals surface area contributed by atoms with Gasteiger partial charge < -0.3 is 4.74 Å². The Bertz CT molecular complexity index is 612. The maximum Gasteiger partial charge on any atom is 0.372 e. The van der Waals surface area contributed by atoms with E-state index in [9.17, 15) is 4.79 Å². The van der Waals surface area contributed by atoms with E-state index in [-0.39, 0.29) is 24.0 Å². The highest BCUT2D eigenvalue weighted by Crippen LogP contribution is 2.21. The van der Waals surface area contributed by atoms with Gasteiger partial charge in [-0.25, -0.2) is 4.79 Å². The van der Waals surface area contributed by atoms with Crippen LogP contribution in [0.2, 0.25) is 0 Å². The van der Waals surface area contributed by atoms with Gasteiger partial charge >= 0.3 is 5.97 Å². The van der Waals surface area contributed by atoms with Crippen LogP contribution in [0.1, 0.15) is 27.7 Å². The summed E-state index contributed by atoms with van der Waals surface area (Å²) in [5, 5.41) is 0. The predicted octanol–water partition coefficient (Wildman–Crippen LogP) is 3.62. The fourth-order valence-electron chi connectivity index (χ4n) is 1.95. The summed E-state index contributed by atoms with van der Waals surface area (Å²) < 4.78 is 7.31. The van der Waals surface area contributed by atoms with Crippen LogP contribution in [0.5, 0.6) is 0 Å². The third kappa shape index (κ3) is 4.42. The van der Waals surface area contributed by atoms with Crippen LogP contribution >= 0.6 is 0 Å². The van der Waals surface area contributed by atoms with E-state index < -0.39 is 0 Å². The van der Waals surface area contributed by atoms with Gasteiger partial charge in [-0.1, -0.05) is 51.1 Å². The zero-order valence-electron chi connectivity index (χ0n) is 13.7. The Morgan fingerprint density at radius 3 is 2.14 bits per heavy atom. The third-order valence-corrected chi connectivity index (χ3v) is 3.84. The number of hydrogen-bond donors (Lipinski definition) is 0. The molecule has 3 heteroatoms. The summed E-state index contributed by atoms with van der Waals surface area (Å²) in [5.41, 5.74) is 2.25. The first kappa shape index (κ1) is 16.2. The van der Waals surface area contributed by atoms with E-state index in [0.717, 1.165) is 5.56 Å². The van der Waals surface area contributed by atoms with Crippen molar-refractivity contribution in [2.24, 2.45) is 5.41 Å². The van der Waals surface area contributed by atoms with Crippen LogP contribution in [0.15, 0.2) is 54.9 Å². The summed E-state index contributed by atoms with van der Waals surface area (Å²) in [6, 6.07) is 14.2. The van der Waals surface area contributed by atoms with Crippen molar-refractivity contribution in [1.29, 1.82) is 0 Å². The van der Waals surface area contributed by atoms with Crippen molar-refractivity contribution in [2.75, 3.05) is 0 Å². The summed E-state index contributed by atoms with van der Waals surface area (Å²) in [6.45, 7) is 8.35. The van der Waals surface area contributed by atoms with Gasteiger partial charge in [0.1, 0.15) is 6.10 Å². The van der Waals surface area contributed by atoms with Crippen LogP contribution in [0.3, 0.4) is 0 Å². The quantitative estimate of drug-likeness (QED) is 0.637. The Hall–Kier alpha value is -2.16. The van der Waals surface area contributed by atoms with Crippen LogP contribution in [0, 0.1) is 5.41 Å². The van der Waals surface area contributed by atoms with E-state index in [1.165, 1.54) is 5.56 Å². The summed E-state index contributed by atoms with van der Waals surface area (Å²) in [6.07, 6.45) is 3.71. The fourth-order valence-corrected chi connectivity index (χ4v) is 1.95. The van der Waals surface area contributed by atoms with E-state index in [4.69, 9.17) is 4.74 Å². The molecule has 0 spiro atoms. The number of nitrogens with zero attached hydrogens (tertiary/aromatic N) is 1. The van der Waals surface area contributed by atoms with Crippen LogP contribution < -0.4 is 4.57 Å². The van der Waals surface area contributed by atoms with Crippen LogP contribution in [0.4, 0.5) is 0 Å². The van der Waals surface area contributed by atoms with Gasteiger partial charge in [0, 0.05) is 12.1 Å². The highest BCUT2D eigenvalue weighted by atomic mass is 16.5. The number of carbonyl (C=O) groups is 1. The number of carbonyl (C=O) groups excluding carboxylic acids is 1. The molecule has 0 saturated carbocycles. The Kier molecular flexibility index (Phi) is 4.96. The first-order valence-electron chi connectivity index (χ1n) is 7.60. The predicted molar refractivity (Wildman–Crippen MR) is 87.1 cm³/mol. The summed E-state index contributed by atoms with van der Waals surface area (Å²) in [5.74, 6) is -0.208. The van der Waals surface area contributed by atoms with Gasteiger partial charge in [-0.05, 0) is 23.5 Å². The third-order valence-electron chi connectivity index (χ3n) is 3.84. The maximum atomic E-state index is 12.0. The molecule has 0 unspecified atom stereocenters. The van der Waals surface area contributed by atoms with E-state index in [1.54, 1.807) is 0 Å². The number of ether oxygens (including phenoxy) is 1. The Morgan fingerprint density at radius 1 is 1.05 bits per heavy atom. The number of rotatable bonds is 4. The Labute approximate surface area is 132 Å². The normalized spacial score (nSPS) is 12.7. The number of pyridine rings is 1. The molecule has 0 aliphatic carbocycles. The lowest BCUT2D eigenvalue weighted by atomic mass is 9.90. The highest BCUT2D eigenvalue weighted by Gasteiger charge is 2.25. The molecule has 1 aromatic heterocycles. The second kappa shape index (κ2) is 6.73. The smallest absolute Gasteiger partial charge is 0.372 e. The molecule has 0 N–H and O–H groups in total. The average Bonchev–Trinajstić information content (AvgIpc) is 2.48. The lowest BCUT2D eigenvalue weighted by Gasteiger charge is -2.26. The van der Waals surface area contributed by atoms with Gasteiger partial charge in [0.05, 0.1) is 0 Å². The molecule has 1 atom stereocenters. The molecule has 116 valence electrons. The van der Waals surface area contributed by atoms with Gasteiger partial charge in [-0.15, -0.1) is 0 Å². The molecule has 0 aliphatic rings. The minimum absolute atomic E-state index is 0.0442. The van der Waals surface area contributed by atoms with Gasteiger partial charge in [-0.2, -0.15) is 4.57 Å². The van der Waals surface area contributed by atoms with E-state index in [0.29, 0.717) is 0 Å². The molecule has 3 nitrogen and oxygen atoms in total. The van der Waals surface area contributed by atoms with Crippen molar-refractivity contribution in [1.82, 2.24) is 0 Å². The molecule has 1 heterocycles. The molecular weight excluding hydrogens is 274 g/mol. The molecular formula is C19H24NO2+. The Morgan fingerprint density at radius 2 is 1.59 bits per heavy atom. The average molecular weight is 298 g/mol. The molecule has 0 bridgehead atoms. The first-order valence-corrected chi connectivity index (χ1v) is 7.60. The van der Waals surface area contributed by atoms with E-state index in [2.05, 4.69) is 32.9 Å². The van der Waals surface area contributed by atoms with Gasteiger partial charge in [0.25, 0.3) is 0 Å². The van der Waals surface area contributed by atoms with Crippen molar-refractivity contribution < 1.29 is 14.1 Å². The monoisotopic (exact) mass is 298 g/mol. The van der Waals surface area contributed by atoms with Crippen molar-refractivity contribution in [3.05, 3.63) is 54.9 Å². The van der Waals surface area contributed by atoms with Gasteiger partial charge in [-0.3, -0.25) is 0 Å². The number of hydrogen-bond acceptors (Lipinski definition) is 2. The molecule has 0 aliphatic heterocycles. The van der Waals surface area contributed by atoms with Crippen molar-refractivity contribution in [2.45, 2.75) is 40.3 Å². The molecule has 0 fully saturated rings. The van der Waals surface area contributed by atoms with Gasteiger partial charge in [0.2, 0.25) is 6.54 Å². The van der Waals surface area contributed by atoms with Crippen molar-refractivity contribution in [3.63, 3.8) is 0 Å². The first-order chi connectivity index (χ1) is 10.4. The summed E-state index contributed by atoms with van der Waals surface area (Å²) >= 11 is 0. The number of aromatic nitrogens is 1. The van der Waals surface area contributed by atoms with Crippen molar-refractivity contribution >= 4 is 5.97 Å². The van der Waals surface area contributed by atoms with E-state index in [1.807, 2.05) is 54.2 Å². The molecule has 2 rings (SSSR count). The number of benzene rings is 1. The minimum Gasteiger partial charge on any atom is -0.457 e. The Balaban J connectivity index is 1.98. The second-order valence-corrected chi connectivity index (χ2v) is 6.62. The van der Waals surface area contributed by atoms with Crippen LogP contribution in [-0.4, -0.2) is 12.1 Å². The summed E-state index contributed by atoms with van der Waals surface area (Å²) in [4.78, 5) is 12.0. The zero-order valence-corrected chi connectivity index (χ0v) is 13.7. The fraction of sp³-hybridized carbons (Fsp3) is 0.368. The van der Waals surface area contributed by atoms with Crippen molar-refractivity contribution in [3.8, 4) is 11.1 Å². The zero-order chi connectivity index (χ0) is 16.2.